The number of carbonyl (C=O) groups excluding carboxylic acids is 2. The lowest BCUT2D eigenvalue weighted by Gasteiger charge is -2.42. The minimum atomic E-state index is -5.06. The first kappa shape index (κ1) is 24.1. The lowest BCUT2D eigenvalue weighted by atomic mass is 9.78. The summed E-state index contributed by atoms with van der Waals surface area (Å²) in [6.45, 7) is 0.944. The normalized spacial score (nSPS) is 21.4. The number of halogens is 6. The van der Waals surface area contributed by atoms with Crippen molar-refractivity contribution >= 4 is 11.8 Å². The molecule has 0 saturated carbocycles. The summed E-state index contributed by atoms with van der Waals surface area (Å²) in [5.74, 6) is -2.29. The average molecular weight is 486 g/mol. The molecule has 2 aromatic rings. The molecule has 0 aromatic heterocycles. The maximum atomic E-state index is 13.6. The van der Waals surface area contributed by atoms with Gasteiger partial charge >= 0.3 is 12.4 Å². The van der Waals surface area contributed by atoms with Crippen molar-refractivity contribution in [3.63, 3.8) is 0 Å². The van der Waals surface area contributed by atoms with E-state index >= 15 is 0 Å². The number of alkyl halides is 6. The number of amides is 2. The van der Waals surface area contributed by atoms with Crippen LogP contribution >= 0.6 is 0 Å². The van der Waals surface area contributed by atoms with E-state index in [1.54, 1.807) is 12.1 Å². The summed E-state index contributed by atoms with van der Waals surface area (Å²) in [5.41, 5.74) is -2.99. The third-order valence-corrected chi connectivity index (χ3v) is 6.12. The number of fused-ring (bicyclic) bond motifs is 1. The van der Waals surface area contributed by atoms with E-state index in [1.165, 1.54) is 24.1 Å². The van der Waals surface area contributed by atoms with Crippen molar-refractivity contribution in [1.82, 2.24) is 9.80 Å². The number of hydrogen-bond acceptors (Lipinski definition) is 3. The van der Waals surface area contributed by atoms with E-state index in [0.29, 0.717) is 12.1 Å². The molecule has 2 aliphatic rings. The Morgan fingerprint density at radius 3 is 2.06 bits per heavy atom. The lowest BCUT2D eigenvalue weighted by molar-refractivity contribution is -0.143. The first-order valence-corrected chi connectivity index (χ1v) is 10.4. The fourth-order valence-electron chi connectivity index (χ4n) is 4.49. The van der Waals surface area contributed by atoms with Crippen molar-refractivity contribution in [2.75, 3.05) is 33.4 Å². The van der Waals surface area contributed by atoms with Crippen LogP contribution in [0.5, 0.6) is 0 Å². The Labute approximate surface area is 190 Å². The molecule has 5 nitrogen and oxygen atoms in total. The van der Waals surface area contributed by atoms with Crippen molar-refractivity contribution in [1.29, 1.82) is 0 Å². The molecular formula is C23H20F6N2O3. The summed E-state index contributed by atoms with van der Waals surface area (Å²) in [7, 11) is 1.27. The number of carbonyl (C=O) groups is 2. The first-order chi connectivity index (χ1) is 15.9. The van der Waals surface area contributed by atoms with Gasteiger partial charge < -0.3 is 14.5 Å². The molecule has 2 unspecified atom stereocenters. The summed E-state index contributed by atoms with van der Waals surface area (Å²) >= 11 is 0. The molecule has 0 N–H and O–H groups in total. The number of ether oxygens (including phenoxy) is 1. The fourth-order valence-corrected chi connectivity index (χ4v) is 4.49. The van der Waals surface area contributed by atoms with Gasteiger partial charge in [-0.2, -0.15) is 26.3 Å². The summed E-state index contributed by atoms with van der Waals surface area (Å²) in [4.78, 5) is 29.1. The van der Waals surface area contributed by atoms with Gasteiger partial charge in [-0.15, -0.1) is 0 Å². The minimum Gasteiger partial charge on any atom is -0.378 e. The van der Waals surface area contributed by atoms with Crippen LogP contribution in [-0.4, -0.2) is 55.0 Å². The molecule has 2 amide bonds. The zero-order chi connectivity index (χ0) is 24.8. The van der Waals surface area contributed by atoms with Gasteiger partial charge in [-0.1, -0.05) is 18.2 Å². The van der Waals surface area contributed by atoms with Crippen molar-refractivity contribution in [2.24, 2.45) is 0 Å². The van der Waals surface area contributed by atoms with E-state index in [-0.39, 0.29) is 43.5 Å². The smallest absolute Gasteiger partial charge is 0.378 e. The van der Waals surface area contributed by atoms with Gasteiger partial charge in [-0.05, 0) is 35.4 Å². The summed E-state index contributed by atoms with van der Waals surface area (Å²) in [5, 5.41) is 0. The van der Waals surface area contributed by atoms with Crippen molar-refractivity contribution in [3.05, 3.63) is 70.3 Å². The summed E-state index contributed by atoms with van der Waals surface area (Å²) < 4.78 is 86.4. The van der Waals surface area contributed by atoms with Crippen LogP contribution in [0.1, 0.15) is 44.6 Å². The maximum Gasteiger partial charge on any atom is 0.416 e. The Hall–Kier alpha value is -3.08. The molecular weight excluding hydrogens is 466 g/mol. The van der Waals surface area contributed by atoms with Crippen LogP contribution in [-0.2, 0) is 21.9 Å². The second kappa shape index (κ2) is 8.61. The highest BCUT2D eigenvalue weighted by molar-refractivity contribution is 6.01. The lowest BCUT2D eigenvalue weighted by Crippen LogP contribution is -2.49. The van der Waals surface area contributed by atoms with E-state index in [1.807, 2.05) is 0 Å². The number of hydrogen-bond donors (Lipinski definition) is 0. The quantitative estimate of drug-likeness (QED) is 0.588. The Morgan fingerprint density at radius 1 is 0.941 bits per heavy atom. The van der Waals surface area contributed by atoms with E-state index in [0.717, 1.165) is 4.90 Å². The predicted octanol–water partition coefficient (Wildman–Crippen LogP) is 4.49. The van der Waals surface area contributed by atoms with Crippen LogP contribution in [0.15, 0.2) is 42.5 Å². The second-order valence-corrected chi connectivity index (χ2v) is 8.20. The molecule has 11 heteroatoms. The highest BCUT2D eigenvalue weighted by Gasteiger charge is 2.46. The molecule has 2 heterocycles. The molecule has 0 aliphatic carbocycles. The number of likely N-dealkylation sites (N-methyl/N-ethyl adjacent to an activating group) is 1. The van der Waals surface area contributed by atoms with Gasteiger partial charge in [0.25, 0.3) is 5.91 Å². The molecule has 0 spiro atoms. The highest BCUT2D eigenvalue weighted by atomic mass is 19.4. The van der Waals surface area contributed by atoms with Crippen LogP contribution in [0.3, 0.4) is 0 Å². The Balaban J connectivity index is 1.92. The molecule has 1 saturated heterocycles. The molecule has 0 radical (unpaired) electrons. The number of benzene rings is 2. The summed E-state index contributed by atoms with van der Waals surface area (Å²) in [6.07, 6.45) is -10.1. The van der Waals surface area contributed by atoms with Gasteiger partial charge in [0.1, 0.15) is 0 Å². The SMILES string of the molecule is CN1C(=O)c2ccccc2C(C(=O)N2CCOCC2)C1c1cc(C(F)(F)F)cc(C(F)(F)F)c1. The van der Waals surface area contributed by atoms with Crippen LogP contribution in [0.25, 0.3) is 0 Å². The minimum absolute atomic E-state index is 0.0287. The largest absolute Gasteiger partial charge is 0.416 e. The number of rotatable bonds is 2. The highest BCUT2D eigenvalue weighted by Crippen LogP contribution is 2.46. The van der Waals surface area contributed by atoms with Gasteiger partial charge in [-0.3, -0.25) is 9.59 Å². The van der Waals surface area contributed by atoms with E-state index < -0.39 is 52.8 Å². The zero-order valence-electron chi connectivity index (χ0n) is 17.9. The van der Waals surface area contributed by atoms with Gasteiger partial charge in [-0.25, -0.2) is 0 Å². The average Bonchev–Trinajstić information content (AvgIpc) is 2.80. The molecule has 2 atom stereocenters. The molecule has 182 valence electrons. The molecule has 2 aliphatic heterocycles. The van der Waals surface area contributed by atoms with Crippen molar-refractivity contribution in [3.8, 4) is 0 Å². The van der Waals surface area contributed by atoms with Crippen LogP contribution < -0.4 is 0 Å². The maximum absolute atomic E-state index is 13.6. The number of morpholine rings is 1. The zero-order valence-corrected chi connectivity index (χ0v) is 17.9. The second-order valence-electron chi connectivity index (χ2n) is 8.20. The van der Waals surface area contributed by atoms with E-state index in [2.05, 4.69) is 0 Å². The fraction of sp³-hybridized carbons (Fsp3) is 0.391. The standard InChI is InChI=1S/C23H20F6N2O3/c1-30-19(13-10-14(22(24,25)26)12-15(11-13)23(27,28)29)18(21(33)31-6-8-34-9-7-31)16-4-2-3-5-17(16)20(30)32/h2-5,10-12,18-19H,6-9H2,1H3. The van der Waals surface area contributed by atoms with Gasteiger partial charge in [0, 0.05) is 25.7 Å². The van der Waals surface area contributed by atoms with Crippen LogP contribution in [0.2, 0.25) is 0 Å². The molecule has 2 aromatic carbocycles. The van der Waals surface area contributed by atoms with Gasteiger partial charge in [0.05, 0.1) is 36.3 Å². The molecule has 34 heavy (non-hydrogen) atoms. The van der Waals surface area contributed by atoms with Crippen molar-refractivity contribution < 1.29 is 40.7 Å². The van der Waals surface area contributed by atoms with Crippen molar-refractivity contribution in [2.45, 2.75) is 24.3 Å². The first-order valence-electron chi connectivity index (χ1n) is 10.4. The van der Waals surface area contributed by atoms with E-state index in [4.69, 9.17) is 4.74 Å². The Kier molecular flexibility index (Phi) is 6.09. The van der Waals surface area contributed by atoms with E-state index in [9.17, 15) is 35.9 Å². The Morgan fingerprint density at radius 2 is 1.50 bits per heavy atom. The number of nitrogens with zero attached hydrogens (tertiary/aromatic N) is 2. The summed E-state index contributed by atoms with van der Waals surface area (Å²) in [6, 6.07) is 5.96. The van der Waals surface area contributed by atoms with Gasteiger partial charge in [0.2, 0.25) is 5.91 Å². The third-order valence-electron chi connectivity index (χ3n) is 6.12. The molecule has 0 bridgehead atoms. The third kappa shape index (κ3) is 4.36. The Bertz CT molecular complexity index is 1080. The molecule has 4 rings (SSSR count). The topological polar surface area (TPSA) is 49.9 Å². The van der Waals surface area contributed by atoms with Gasteiger partial charge in [0.15, 0.2) is 0 Å². The molecule has 1 fully saturated rings. The van der Waals surface area contributed by atoms with Crippen LogP contribution in [0, 0.1) is 0 Å². The van der Waals surface area contributed by atoms with Crippen LogP contribution in [0.4, 0.5) is 26.3 Å². The predicted molar refractivity (Wildman–Crippen MR) is 108 cm³/mol. The monoisotopic (exact) mass is 486 g/mol.